The van der Waals surface area contributed by atoms with Gasteiger partial charge in [0.15, 0.2) is 5.96 Å². The van der Waals surface area contributed by atoms with Crippen molar-refractivity contribution in [1.82, 2.24) is 20.4 Å². The van der Waals surface area contributed by atoms with Crippen LogP contribution in [0.25, 0.3) is 0 Å². The molecule has 1 fully saturated rings. The van der Waals surface area contributed by atoms with Gasteiger partial charge in [-0.05, 0) is 61.5 Å². The minimum atomic E-state index is 0.253. The van der Waals surface area contributed by atoms with Crippen LogP contribution in [0.2, 0.25) is 0 Å². The molecular formula is C22H33N5OS. The molecule has 1 saturated heterocycles. The van der Waals surface area contributed by atoms with Crippen LogP contribution in [0.1, 0.15) is 41.5 Å². The van der Waals surface area contributed by atoms with E-state index in [4.69, 9.17) is 4.42 Å². The van der Waals surface area contributed by atoms with Gasteiger partial charge in [0, 0.05) is 44.6 Å². The van der Waals surface area contributed by atoms with Gasteiger partial charge in [-0.3, -0.25) is 14.8 Å². The molecule has 0 bridgehead atoms. The van der Waals surface area contributed by atoms with E-state index in [1.54, 1.807) is 11.1 Å². The molecule has 1 unspecified atom stereocenters. The third-order valence-corrected chi connectivity index (χ3v) is 7.02. The zero-order valence-electron chi connectivity index (χ0n) is 17.4. The fourth-order valence-electron chi connectivity index (χ4n) is 4.36. The van der Waals surface area contributed by atoms with E-state index >= 15 is 0 Å². The van der Waals surface area contributed by atoms with Gasteiger partial charge in [-0.1, -0.05) is 6.42 Å². The highest BCUT2D eigenvalue weighted by molar-refractivity contribution is 7.10. The van der Waals surface area contributed by atoms with Crippen molar-refractivity contribution in [1.29, 1.82) is 0 Å². The molecule has 0 aliphatic carbocycles. The predicted molar refractivity (Wildman–Crippen MR) is 120 cm³/mol. The quantitative estimate of drug-likeness (QED) is 0.538. The Bertz CT molecular complexity index is 766. The maximum Gasteiger partial charge on any atom is 0.191 e. The first-order valence-electron chi connectivity index (χ1n) is 10.8. The summed E-state index contributed by atoms with van der Waals surface area (Å²) in [5.41, 5.74) is 1.51. The number of guanidine groups is 1. The van der Waals surface area contributed by atoms with Gasteiger partial charge in [-0.25, -0.2) is 0 Å². The smallest absolute Gasteiger partial charge is 0.191 e. The molecular weight excluding hydrogens is 382 g/mol. The normalized spacial score (nSPS) is 19.7. The predicted octanol–water partition coefficient (Wildman–Crippen LogP) is 3.09. The number of thiophene rings is 1. The zero-order valence-corrected chi connectivity index (χ0v) is 18.2. The lowest BCUT2D eigenvalue weighted by Crippen LogP contribution is -2.46. The first kappa shape index (κ1) is 20.4. The van der Waals surface area contributed by atoms with Crippen LogP contribution in [-0.4, -0.2) is 62.1 Å². The Morgan fingerprint density at radius 2 is 2.10 bits per heavy atom. The maximum absolute atomic E-state index is 5.75. The monoisotopic (exact) mass is 415 g/mol. The number of nitrogens with zero attached hydrogens (tertiary/aromatic N) is 3. The van der Waals surface area contributed by atoms with Gasteiger partial charge in [0.25, 0.3) is 0 Å². The van der Waals surface area contributed by atoms with Gasteiger partial charge in [0.1, 0.15) is 5.76 Å². The van der Waals surface area contributed by atoms with Gasteiger partial charge >= 0.3 is 0 Å². The second-order valence-corrected chi connectivity index (χ2v) is 8.90. The van der Waals surface area contributed by atoms with E-state index in [1.165, 1.54) is 31.2 Å². The van der Waals surface area contributed by atoms with E-state index in [-0.39, 0.29) is 6.04 Å². The third kappa shape index (κ3) is 5.41. The molecule has 0 radical (unpaired) electrons. The largest absolute Gasteiger partial charge is 0.468 e. The summed E-state index contributed by atoms with van der Waals surface area (Å²) in [5.74, 6) is 1.90. The number of likely N-dealkylation sites (tertiary alicyclic amines) is 1. The van der Waals surface area contributed by atoms with Crippen LogP contribution in [0.3, 0.4) is 0 Å². The lowest BCUT2D eigenvalue weighted by Gasteiger charge is -2.33. The first-order chi connectivity index (χ1) is 14.3. The summed E-state index contributed by atoms with van der Waals surface area (Å²) < 4.78 is 5.75. The first-order valence-corrected chi connectivity index (χ1v) is 11.7. The van der Waals surface area contributed by atoms with Crippen molar-refractivity contribution in [2.24, 2.45) is 4.99 Å². The Morgan fingerprint density at radius 1 is 1.21 bits per heavy atom. The van der Waals surface area contributed by atoms with E-state index in [9.17, 15) is 0 Å². The van der Waals surface area contributed by atoms with Crippen LogP contribution in [-0.2, 0) is 13.0 Å². The van der Waals surface area contributed by atoms with E-state index in [1.807, 2.05) is 24.5 Å². The third-order valence-electron chi connectivity index (χ3n) is 6.00. The summed E-state index contributed by atoms with van der Waals surface area (Å²) in [7, 11) is 1.84. The number of piperidine rings is 1. The highest BCUT2D eigenvalue weighted by Crippen LogP contribution is 2.25. The van der Waals surface area contributed by atoms with E-state index < -0.39 is 0 Å². The van der Waals surface area contributed by atoms with Crippen LogP contribution in [0.15, 0.2) is 39.3 Å². The van der Waals surface area contributed by atoms with Crippen molar-refractivity contribution in [2.45, 2.75) is 38.3 Å². The Labute approximate surface area is 178 Å². The Kier molecular flexibility index (Phi) is 7.24. The zero-order chi connectivity index (χ0) is 19.9. The van der Waals surface area contributed by atoms with Crippen LogP contribution in [0.5, 0.6) is 0 Å². The molecule has 2 aliphatic heterocycles. The number of aliphatic imine (C=N–C) groups is 1. The number of nitrogens with one attached hydrogen (secondary N) is 2. The fraction of sp³-hybridized carbons (Fsp3) is 0.591. The van der Waals surface area contributed by atoms with Crippen molar-refractivity contribution in [3.8, 4) is 0 Å². The van der Waals surface area contributed by atoms with Crippen LogP contribution in [0.4, 0.5) is 0 Å². The van der Waals surface area contributed by atoms with Crippen molar-refractivity contribution >= 4 is 17.3 Å². The second kappa shape index (κ2) is 10.3. The summed E-state index contributed by atoms with van der Waals surface area (Å²) in [5, 5.41) is 9.23. The second-order valence-electron chi connectivity index (χ2n) is 7.90. The Morgan fingerprint density at radius 3 is 2.90 bits per heavy atom. The van der Waals surface area contributed by atoms with Crippen molar-refractivity contribution in [3.63, 3.8) is 0 Å². The lowest BCUT2D eigenvalue weighted by atomic mass is 10.1. The van der Waals surface area contributed by atoms with Crippen molar-refractivity contribution in [2.75, 3.05) is 46.3 Å². The van der Waals surface area contributed by atoms with Gasteiger partial charge < -0.3 is 15.1 Å². The van der Waals surface area contributed by atoms with Crippen molar-refractivity contribution in [3.05, 3.63) is 46.0 Å². The van der Waals surface area contributed by atoms with Crippen LogP contribution >= 0.6 is 11.3 Å². The molecule has 7 heteroatoms. The molecule has 2 N–H and O–H groups in total. The summed E-state index contributed by atoms with van der Waals surface area (Å²) in [6, 6.07) is 6.60. The Balaban J connectivity index is 1.25. The topological polar surface area (TPSA) is 56.0 Å². The number of hydrogen-bond acceptors (Lipinski definition) is 5. The molecule has 1 atom stereocenters. The summed E-state index contributed by atoms with van der Waals surface area (Å²) >= 11 is 1.90. The van der Waals surface area contributed by atoms with E-state index in [0.717, 1.165) is 57.5 Å². The molecule has 0 spiro atoms. The van der Waals surface area contributed by atoms with Crippen LogP contribution < -0.4 is 10.6 Å². The maximum atomic E-state index is 5.75. The summed E-state index contributed by atoms with van der Waals surface area (Å²) in [6.07, 6.45) is 6.83. The average Bonchev–Trinajstić information content (AvgIpc) is 3.45. The van der Waals surface area contributed by atoms with Gasteiger partial charge in [0.2, 0.25) is 0 Å². The Hall–Kier alpha value is -1.83. The highest BCUT2D eigenvalue weighted by atomic mass is 32.1. The van der Waals surface area contributed by atoms with Crippen LogP contribution in [0, 0.1) is 0 Å². The number of furan rings is 1. The molecule has 0 saturated carbocycles. The lowest BCUT2D eigenvalue weighted by molar-refractivity contribution is 0.146. The number of fused-ring (bicyclic) bond motifs is 1. The highest BCUT2D eigenvalue weighted by Gasteiger charge is 2.24. The molecule has 2 aliphatic rings. The SMILES string of the molecule is CN=C(NCCN1CCc2sccc2C1)NCC(c1ccco1)N1CCCCC1. The molecule has 0 aromatic carbocycles. The van der Waals surface area contributed by atoms with Crippen molar-refractivity contribution < 1.29 is 4.42 Å². The average molecular weight is 416 g/mol. The van der Waals surface area contributed by atoms with Gasteiger partial charge in [-0.15, -0.1) is 11.3 Å². The fourth-order valence-corrected chi connectivity index (χ4v) is 5.25. The number of hydrogen-bond donors (Lipinski definition) is 2. The molecule has 158 valence electrons. The minimum Gasteiger partial charge on any atom is -0.468 e. The molecule has 2 aromatic heterocycles. The molecule has 4 heterocycles. The molecule has 4 rings (SSSR count). The standard InChI is InChI=1S/C22H33N5OS/c1-23-22(24-9-13-26-12-7-21-18(17-26)8-15-29-21)25-16-19(20-6-5-14-28-20)27-10-3-2-4-11-27/h5-6,8,14-15,19H,2-4,7,9-13,16-17H2,1H3,(H2,23,24,25). The minimum absolute atomic E-state index is 0.253. The van der Waals surface area contributed by atoms with Gasteiger partial charge in [-0.2, -0.15) is 0 Å². The molecule has 6 nitrogen and oxygen atoms in total. The van der Waals surface area contributed by atoms with E-state index in [2.05, 4.69) is 42.9 Å². The number of rotatable bonds is 7. The molecule has 2 aromatic rings. The summed E-state index contributed by atoms with van der Waals surface area (Å²) in [6.45, 7) is 7.23. The van der Waals surface area contributed by atoms with Gasteiger partial charge in [0.05, 0.1) is 12.3 Å². The summed E-state index contributed by atoms with van der Waals surface area (Å²) in [4.78, 5) is 11.0. The molecule has 0 amide bonds. The molecule has 29 heavy (non-hydrogen) atoms. The van der Waals surface area contributed by atoms with E-state index in [0.29, 0.717) is 0 Å².